The van der Waals surface area contributed by atoms with Crippen LogP contribution in [0.15, 0.2) is 328 Å². The minimum absolute atomic E-state index is 0.696. The Morgan fingerprint density at radius 1 is 0.157 bits per heavy atom. The maximum Gasteiger partial charge on any atom is 0.0714 e. The highest BCUT2D eigenvalue weighted by molar-refractivity contribution is 6.13. The van der Waals surface area contributed by atoms with Crippen molar-refractivity contribution in [3.05, 3.63) is 394 Å². The predicted molar refractivity (Wildman–Crippen MR) is 344 cm³/mol. The molecule has 83 heavy (non-hydrogen) atoms. The van der Waals surface area contributed by atoms with E-state index < -0.39 is 16.2 Å². The second-order valence-corrected chi connectivity index (χ2v) is 22.8. The molecule has 0 saturated heterocycles. The molecule has 0 radical (unpaired) electrons. The first-order valence-corrected chi connectivity index (χ1v) is 29.2. The quantitative estimate of drug-likeness (QED) is 0.142. The average molecular weight is 1050 g/mol. The van der Waals surface area contributed by atoms with Crippen LogP contribution in [0.25, 0.3) is 77.2 Å². The van der Waals surface area contributed by atoms with Gasteiger partial charge in [-0.2, -0.15) is 0 Å². The molecule has 3 aliphatic carbocycles. The highest BCUT2D eigenvalue weighted by atomic mass is 14.6. The zero-order chi connectivity index (χ0) is 54.7. The second kappa shape index (κ2) is 18.3. The van der Waals surface area contributed by atoms with Gasteiger partial charge in [0.25, 0.3) is 0 Å². The molecular weight excluding hydrogens is 997 g/mol. The molecule has 0 heterocycles. The van der Waals surface area contributed by atoms with Gasteiger partial charge in [-0.15, -0.1) is 0 Å². The standard InChI is InChI=1S/C83H54/c1-9-29-55(30-10-1)67-49-77-79(65-47-27-25-45-63(65)67)71-53-73-69(51-75(71)82(77,59-37-17-5-18-38-59)60-39-19-6-20-40-60)70-52-76-72(54-74(70)81(73,57-33-13-3-14-34-57)58-35-15-4-16-36-58)80-66-48-28-26-46-64(66)68(56-31-11-2-12-32-56)50-78(80)83(76,61-41-21-7-22-42-61)62-43-23-8-24-44-62/h1-54H. The third-order valence-corrected chi connectivity index (χ3v) is 19.1. The van der Waals surface area contributed by atoms with E-state index in [4.69, 9.17) is 0 Å². The van der Waals surface area contributed by atoms with Crippen molar-refractivity contribution in [1.29, 1.82) is 0 Å². The van der Waals surface area contributed by atoms with Crippen LogP contribution < -0.4 is 0 Å². The Morgan fingerprint density at radius 3 is 0.651 bits per heavy atom. The number of hydrogen-bond donors (Lipinski definition) is 0. The van der Waals surface area contributed by atoms with E-state index in [1.165, 1.54) is 144 Å². The first-order chi connectivity index (χ1) is 41.2. The van der Waals surface area contributed by atoms with Gasteiger partial charge in [-0.25, -0.2) is 0 Å². The molecule has 14 aromatic carbocycles. The van der Waals surface area contributed by atoms with Crippen molar-refractivity contribution in [3.63, 3.8) is 0 Å². The van der Waals surface area contributed by atoms with Gasteiger partial charge in [0, 0.05) is 0 Å². The van der Waals surface area contributed by atoms with Crippen LogP contribution in [-0.2, 0) is 16.2 Å². The Labute approximate surface area is 485 Å². The molecule has 0 unspecified atom stereocenters. The van der Waals surface area contributed by atoms with E-state index in [1.54, 1.807) is 0 Å². The van der Waals surface area contributed by atoms with Crippen LogP contribution in [-0.4, -0.2) is 0 Å². The van der Waals surface area contributed by atoms with Gasteiger partial charge in [0.2, 0.25) is 0 Å². The van der Waals surface area contributed by atoms with Crippen molar-refractivity contribution in [3.8, 4) is 55.6 Å². The van der Waals surface area contributed by atoms with Crippen molar-refractivity contribution >= 4 is 21.5 Å². The molecule has 386 valence electrons. The summed E-state index contributed by atoms with van der Waals surface area (Å²) in [7, 11) is 0. The van der Waals surface area contributed by atoms with E-state index in [0.717, 1.165) is 0 Å². The molecule has 0 amide bonds. The predicted octanol–water partition coefficient (Wildman–Crippen LogP) is 20.4. The number of rotatable bonds is 8. The summed E-state index contributed by atoms with van der Waals surface area (Å²) in [6.45, 7) is 0. The summed E-state index contributed by atoms with van der Waals surface area (Å²) in [5.74, 6) is 0. The van der Waals surface area contributed by atoms with Crippen molar-refractivity contribution in [2.45, 2.75) is 16.2 Å². The van der Waals surface area contributed by atoms with Gasteiger partial charge in [-0.3, -0.25) is 0 Å². The van der Waals surface area contributed by atoms with E-state index in [9.17, 15) is 0 Å². The van der Waals surface area contributed by atoms with E-state index in [1.807, 2.05) is 0 Å². The lowest BCUT2D eigenvalue weighted by atomic mass is 9.65. The largest absolute Gasteiger partial charge is 0.0714 e. The smallest absolute Gasteiger partial charge is 0.0622 e. The first-order valence-electron chi connectivity index (χ1n) is 29.2. The topological polar surface area (TPSA) is 0 Å². The molecular formula is C83H54. The average Bonchev–Trinajstić information content (AvgIpc) is 2.63. The van der Waals surface area contributed by atoms with Gasteiger partial charge < -0.3 is 0 Å². The lowest BCUT2D eigenvalue weighted by molar-refractivity contribution is 0.756. The molecule has 17 rings (SSSR count). The number of hydrogen-bond acceptors (Lipinski definition) is 0. The van der Waals surface area contributed by atoms with Crippen molar-refractivity contribution in [2.24, 2.45) is 0 Å². The summed E-state index contributed by atoms with van der Waals surface area (Å²) in [6.07, 6.45) is 0. The summed E-state index contributed by atoms with van der Waals surface area (Å²) in [4.78, 5) is 0. The fourth-order valence-electron chi connectivity index (χ4n) is 15.9. The monoisotopic (exact) mass is 1050 g/mol. The first kappa shape index (κ1) is 47.4. The molecule has 0 N–H and O–H groups in total. The summed E-state index contributed by atoms with van der Waals surface area (Å²) >= 11 is 0. The van der Waals surface area contributed by atoms with E-state index in [0.29, 0.717) is 0 Å². The van der Waals surface area contributed by atoms with Crippen molar-refractivity contribution < 1.29 is 0 Å². The normalized spacial score (nSPS) is 14.3. The molecule has 0 saturated carbocycles. The molecule has 14 aromatic rings. The maximum absolute atomic E-state index is 2.66. The summed E-state index contributed by atoms with van der Waals surface area (Å²) < 4.78 is 0. The zero-order valence-corrected chi connectivity index (χ0v) is 45.7. The van der Waals surface area contributed by atoms with Gasteiger partial charge in [0.05, 0.1) is 16.2 Å². The Hall–Kier alpha value is -10.4. The fourth-order valence-corrected chi connectivity index (χ4v) is 15.9. The Morgan fingerprint density at radius 2 is 0.361 bits per heavy atom. The van der Waals surface area contributed by atoms with Crippen LogP contribution in [0.5, 0.6) is 0 Å². The summed E-state index contributed by atoms with van der Waals surface area (Å²) in [6, 6.07) is 124. The van der Waals surface area contributed by atoms with Crippen molar-refractivity contribution in [2.75, 3.05) is 0 Å². The third-order valence-electron chi connectivity index (χ3n) is 19.1. The lowest BCUT2D eigenvalue weighted by Crippen LogP contribution is -2.30. The molecule has 0 spiro atoms. The Bertz CT molecular complexity index is 4450. The third kappa shape index (κ3) is 6.47. The van der Waals surface area contributed by atoms with Crippen LogP contribution in [0, 0.1) is 0 Å². The molecule has 0 nitrogen and oxygen atoms in total. The minimum Gasteiger partial charge on any atom is -0.0622 e. The molecule has 3 aliphatic rings. The SMILES string of the molecule is c1ccc(-c2cc3c(c4ccccc24)-c2cc4c(cc2C3(c2ccccc2)c2ccccc2)-c2cc3c(cc2C4(c2ccccc2)c2ccccc2)-c2c(cc(-c4ccccc4)c4ccccc24)C3(c2ccccc2)c2ccccc2)cc1. The van der Waals surface area contributed by atoms with Crippen LogP contribution in [0.2, 0.25) is 0 Å². The van der Waals surface area contributed by atoms with Crippen LogP contribution in [0.3, 0.4) is 0 Å². The fraction of sp³-hybridized carbons (Fsp3) is 0.0361. The number of fused-ring (bicyclic) bond motifs is 13. The van der Waals surface area contributed by atoms with Crippen LogP contribution in [0.1, 0.15) is 66.8 Å². The van der Waals surface area contributed by atoms with Crippen molar-refractivity contribution in [1.82, 2.24) is 0 Å². The van der Waals surface area contributed by atoms with Gasteiger partial charge >= 0.3 is 0 Å². The molecule has 0 atom stereocenters. The Kier molecular flexibility index (Phi) is 10.5. The highest BCUT2D eigenvalue weighted by Crippen LogP contribution is 2.67. The van der Waals surface area contributed by atoms with E-state index in [2.05, 4.69) is 328 Å². The Balaban J connectivity index is 1.07. The summed E-state index contributed by atoms with van der Waals surface area (Å²) in [5.41, 5.74) is 25.6. The summed E-state index contributed by atoms with van der Waals surface area (Å²) in [5, 5.41) is 5.01. The minimum atomic E-state index is -0.730. The molecule has 0 aliphatic heterocycles. The molecule has 0 fully saturated rings. The zero-order valence-electron chi connectivity index (χ0n) is 45.7. The number of benzene rings is 14. The van der Waals surface area contributed by atoms with Gasteiger partial charge in [0.1, 0.15) is 0 Å². The van der Waals surface area contributed by atoms with Gasteiger partial charge in [-0.1, -0.05) is 291 Å². The van der Waals surface area contributed by atoms with Gasteiger partial charge in [-0.05, 0) is 180 Å². The highest BCUT2D eigenvalue weighted by Gasteiger charge is 2.55. The molecule has 0 bridgehead atoms. The van der Waals surface area contributed by atoms with Gasteiger partial charge in [0.15, 0.2) is 0 Å². The lowest BCUT2D eigenvalue weighted by Gasteiger charge is -2.36. The molecule has 0 heteroatoms. The van der Waals surface area contributed by atoms with E-state index in [-0.39, 0.29) is 0 Å². The van der Waals surface area contributed by atoms with Crippen LogP contribution in [0.4, 0.5) is 0 Å². The second-order valence-electron chi connectivity index (χ2n) is 22.8. The van der Waals surface area contributed by atoms with E-state index >= 15 is 0 Å². The molecule has 0 aromatic heterocycles. The maximum atomic E-state index is 2.66. The van der Waals surface area contributed by atoms with Crippen LogP contribution >= 0.6 is 0 Å².